The quantitative estimate of drug-likeness (QED) is 0.0596. The van der Waals surface area contributed by atoms with Crippen molar-refractivity contribution >= 4 is 18.9 Å². The fraction of sp³-hybridized carbons (Fsp3) is 0.321. The van der Waals surface area contributed by atoms with Gasteiger partial charge < -0.3 is 9.47 Å². The van der Waals surface area contributed by atoms with Crippen molar-refractivity contribution in [3.05, 3.63) is 196 Å². The van der Waals surface area contributed by atoms with Crippen LogP contribution in [-0.2, 0) is 71.7 Å². The van der Waals surface area contributed by atoms with Crippen molar-refractivity contribution in [1.29, 1.82) is 5.31 Å². The Balaban J connectivity index is 1.21. The predicted octanol–water partition coefficient (Wildman–Crippen LogP) is 9.01. The Hall–Kier alpha value is -5.61. The van der Waals surface area contributed by atoms with Crippen molar-refractivity contribution < 1.29 is 52.4 Å². The molecule has 0 spiro atoms. The van der Waals surface area contributed by atoms with E-state index in [1.807, 2.05) is 140 Å². The summed E-state index contributed by atoms with van der Waals surface area (Å²) >= 11 is 6.98. The van der Waals surface area contributed by atoms with Crippen LogP contribution < -0.4 is 14.2 Å². The molecule has 8 rings (SSSR count). The monoisotopic (exact) mass is 927 g/mol. The van der Waals surface area contributed by atoms with E-state index in [9.17, 15) is 5.11 Å². The fourth-order valence-corrected chi connectivity index (χ4v) is 8.40. The number of aliphatic hydroxyl groups is 1. The Kier molecular flexibility index (Phi) is 16.4. The van der Waals surface area contributed by atoms with E-state index in [2.05, 4.69) is 0 Å². The van der Waals surface area contributed by atoms with Crippen molar-refractivity contribution in [3.8, 4) is 17.2 Å². The van der Waals surface area contributed by atoms with Crippen LogP contribution in [0.15, 0.2) is 152 Å². The van der Waals surface area contributed by atoms with E-state index < -0.39 is 29.7 Å². The van der Waals surface area contributed by atoms with Crippen LogP contribution in [0.5, 0.6) is 17.2 Å². The van der Waals surface area contributed by atoms with Crippen molar-refractivity contribution in [2.75, 3.05) is 40.6 Å². The standard InChI is InChI=1S/C53H55BClNO11/c1-58-44-20-15-40(16-21-44)29-61-35-52(36-62-30-41-17-22-45(59-2)23-18-41)50(66-54-56)49(63-31-38-9-5-3-6-10-38)51(64-32-39-11-7-4-8-12-39)53(57,67-52)43-19-26-48(55)42(28-43)27-37-13-24-46(25-14-37)65-47-33-60-34-47/h3-26,28,47,49-51,56-57H,27,29-36H2,1-2H3/t49-,50-,51?,53?/m0/s1. The number of ether oxygens (including phenoxy) is 9. The molecule has 4 atom stereocenters. The van der Waals surface area contributed by atoms with Crippen LogP contribution in [0.4, 0.5) is 0 Å². The zero-order valence-corrected chi connectivity index (χ0v) is 38.3. The number of hydrogen-bond acceptors (Lipinski definition) is 12. The van der Waals surface area contributed by atoms with Gasteiger partial charge in [0.05, 0.1) is 13.2 Å². The Morgan fingerprint density at radius 2 is 1.15 bits per heavy atom. The molecule has 2 saturated heterocycles. The van der Waals surface area contributed by atoms with E-state index in [-0.39, 0.29) is 45.7 Å². The molecule has 14 heteroatoms. The van der Waals surface area contributed by atoms with Gasteiger partial charge in [0.25, 0.3) is 0 Å². The molecule has 2 fully saturated rings. The molecule has 6 aromatic carbocycles. The first kappa shape index (κ1) is 47.9. The Morgan fingerprint density at radius 1 is 0.627 bits per heavy atom. The molecule has 348 valence electrons. The van der Waals surface area contributed by atoms with E-state index in [0.717, 1.165) is 46.4 Å². The Morgan fingerprint density at radius 3 is 1.67 bits per heavy atom. The summed E-state index contributed by atoms with van der Waals surface area (Å²) in [6.45, 7) is 1.33. The summed E-state index contributed by atoms with van der Waals surface area (Å²) in [5.41, 5.74) is 3.88. The number of halogens is 1. The number of rotatable bonds is 23. The minimum atomic E-state index is -2.26. The second-order valence-corrected chi connectivity index (χ2v) is 17.0. The van der Waals surface area contributed by atoms with Crippen molar-refractivity contribution in [3.63, 3.8) is 0 Å². The summed E-state index contributed by atoms with van der Waals surface area (Å²) in [5, 5.41) is 22.6. The van der Waals surface area contributed by atoms with Crippen molar-refractivity contribution in [1.82, 2.24) is 0 Å². The van der Waals surface area contributed by atoms with Gasteiger partial charge in [-0.05, 0) is 0 Å². The molecule has 2 N–H and O–H groups in total. The molecule has 2 heterocycles. The predicted molar refractivity (Wildman–Crippen MR) is 252 cm³/mol. The summed E-state index contributed by atoms with van der Waals surface area (Å²) in [4.78, 5) is 0. The van der Waals surface area contributed by atoms with Crippen LogP contribution in [0.1, 0.15) is 38.9 Å². The van der Waals surface area contributed by atoms with E-state index >= 15 is 0 Å². The van der Waals surface area contributed by atoms with Gasteiger partial charge >= 0.3 is 364 Å². The molecule has 0 bridgehead atoms. The van der Waals surface area contributed by atoms with Gasteiger partial charge in [0.2, 0.25) is 0 Å². The van der Waals surface area contributed by atoms with Crippen LogP contribution in [0.2, 0.25) is 5.02 Å². The molecular weight excluding hydrogens is 873 g/mol. The third-order valence-electron chi connectivity index (χ3n) is 11.9. The van der Waals surface area contributed by atoms with Crippen LogP contribution in [0.3, 0.4) is 0 Å². The fourth-order valence-electron chi connectivity index (χ4n) is 8.22. The SMILES string of the molecule is COc1ccc(COCC2(COCc3ccc(OC)cc3)OC(O)(c3ccc(Cl)c(Cc4ccc(OC5COC5)cc4)c3)C(OCc3ccccc3)[C@@H](OCc3ccccc3)[C@@H]2OB=N)cc1. The average molecular weight is 928 g/mol. The zero-order valence-electron chi connectivity index (χ0n) is 37.6. The molecule has 0 saturated carbocycles. The summed E-state index contributed by atoms with van der Waals surface area (Å²) in [6.07, 6.45) is -2.99. The molecule has 0 aliphatic carbocycles. The number of hydrogen-bond donors (Lipinski definition) is 2. The molecule has 0 aromatic heterocycles. The van der Waals surface area contributed by atoms with Gasteiger partial charge in [0, 0.05) is 0 Å². The van der Waals surface area contributed by atoms with Gasteiger partial charge in [-0.1, -0.05) is 0 Å². The van der Waals surface area contributed by atoms with Gasteiger partial charge in [0.15, 0.2) is 0 Å². The Labute approximate surface area is 397 Å². The minimum absolute atomic E-state index is 0.0441. The first-order valence-corrected chi connectivity index (χ1v) is 22.6. The molecule has 2 aliphatic heterocycles. The number of nitrogens with one attached hydrogen (secondary N) is 1. The number of benzene rings is 6. The molecule has 0 radical (unpaired) electrons. The average Bonchev–Trinajstić information content (AvgIpc) is 3.35. The van der Waals surface area contributed by atoms with E-state index in [1.54, 1.807) is 26.4 Å². The number of methoxy groups -OCH3 is 2. The Bertz CT molecular complexity index is 2410. The molecular formula is C53H55BClNO11. The summed E-state index contributed by atoms with van der Waals surface area (Å²) < 4.78 is 62.4. The summed E-state index contributed by atoms with van der Waals surface area (Å²) in [6, 6.07) is 47.6. The first-order chi connectivity index (χ1) is 32.8. The summed E-state index contributed by atoms with van der Waals surface area (Å²) in [5.74, 6) is -0.0873. The summed E-state index contributed by atoms with van der Waals surface area (Å²) in [7, 11) is 4.08. The molecule has 6 aromatic rings. The molecule has 0 amide bonds. The van der Waals surface area contributed by atoms with E-state index in [0.29, 0.717) is 41.7 Å². The van der Waals surface area contributed by atoms with E-state index in [4.69, 9.17) is 64.2 Å². The van der Waals surface area contributed by atoms with Gasteiger partial charge in [0.1, 0.15) is 11.9 Å². The molecule has 12 nitrogen and oxygen atoms in total. The van der Waals surface area contributed by atoms with Crippen molar-refractivity contribution in [2.45, 2.75) is 68.7 Å². The van der Waals surface area contributed by atoms with Gasteiger partial charge in [-0.15, -0.1) is 0 Å². The topological polar surface area (TPSA) is 136 Å². The molecule has 2 aliphatic rings. The maximum atomic E-state index is 13.7. The van der Waals surface area contributed by atoms with Crippen LogP contribution in [-0.4, -0.2) is 83.0 Å². The van der Waals surface area contributed by atoms with Crippen LogP contribution >= 0.6 is 11.6 Å². The second-order valence-electron chi connectivity index (χ2n) is 16.6. The third-order valence-corrected chi connectivity index (χ3v) is 12.2. The molecule has 67 heavy (non-hydrogen) atoms. The van der Waals surface area contributed by atoms with Crippen LogP contribution in [0, 0.1) is 5.31 Å². The van der Waals surface area contributed by atoms with E-state index in [1.165, 1.54) is 0 Å². The first-order valence-electron chi connectivity index (χ1n) is 22.2. The normalized spacial score (nSPS) is 20.0. The maximum absolute atomic E-state index is 13.7. The van der Waals surface area contributed by atoms with Gasteiger partial charge in [-0.3, -0.25) is 0 Å². The molecule has 2 unspecified atom stereocenters. The third kappa shape index (κ3) is 12.1. The zero-order chi connectivity index (χ0) is 46.5. The van der Waals surface area contributed by atoms with Crippen LogP contribution in [0.25, 0.3) is 0 Å². The van der Waals surface area contributed by atoms with Crippen molar-refractivity contribution in [2.24, 2.45) is 0 Å². The van der Waals surface area contributed by atoms with Gasteiger partial charge in [-0.25, -0.2) is 0 Å². The second kappa shape index (κ2) is 22.9. The van der Waals surface area contributed by atoms with Gasteiger partial charge in [-0.2, -0.15) is 0 Å².